The van der Waals surface area contributed by atoms with Crippen LogP contribution in [0.1, 0.15) is 42.5 Å². The van der Waals surface area contributed by atoms with Crippen LogP contribution in [0.5, 0.6) is 0 Å². The fourth-order valence-corrected chi connectivity index (χ4v) is 5.22. The molecule has 1 aromatic carbocycles. The van der Waals surface area contributed by atoms with E-state index in [2.05, 4.69) is 16.9 Å². The maximum atomic E-state index is 13.6. The fourth-order valence-electron chi connectivity index (χ4n) is 5.22. The molecule has 0 radical (unpaired) electrons. The highest BCUT2D eigenvalue weighted by Gasteiger charge is 2.82. The van der Waals surface area contributed by atoms with Gasteiger partial charge in [-0.1, -0.05) is 13.0 Å². The van der Waals surface area contributed by atoms with E-state index in [9.17, 15) is 4.39 Å². The van der Waals surface area contributed by atoms with Crippen molar-refractivity contribution in [2.24, 2.45) is 5.92 Å². The summed E-state index contributed by atoms with van der Waals surface area (Å²) in [5.41, 5.74) is 4.32. The van der Waals surface area contributed by atoms with Gasteiger partial charge in [-0.25, -0.2) is 9.37 Å². The smallest absolute Gasteiger partial charge is 0.123 e. The monoisotopic (exact) mass is 254 g/mol. The highest BCUT2D eigenvalue weighted by molar-refractivity contribution is 5.64. The van der Waals surface area contributed by atoms with Crippen LogP contribution >= 0.6 is 0 Å². The van der Waals surface area contributed by atoms with Crippen molar-refractivity contribution < 1.29 is 4.39 Å². The predicted molar refractivity (Wildman–Crippen MR) is 69.5 cm³/mol. The number of H-pyrrole nitrogens is 1. The lowest BCUT2D eigenvalue weighted by Gasteiger charge is -2.24. The number of aromatic amines is 1. The normalized spacial score (nSPS) is 36.1. The van der Waals surface area contributed by atoms with E-state index in [1.165, 1.54) is 29.7 Å². The molecule has 2 nitrogen and oxygen atoms in total. The maximum absolute atomic E-state index is 13.6. The standard InChI is InChI=1S/C16H15FN2/c1-9-14-11-6-10(17)2-3-12(11)15(4-5-15)16(9,14)13-7-18-8-19-13/h2-3,6-9,14H,4-5H2,1H3,(H,18,19). The highest BCUT2D eigenvalue weighted by Crippen LogP contribution is 2.84. The number of halogens is 1. The Bertz CT molecular complexity index is 687. The molecule has 1 spiro atoms. The van der Waals surface area contributed by atoms with Crippen LogP contribution in [0.2, 0.25) is 0 Å². The third-order valence-corrected chi connectivity index (χ3v) is 5.95. The van der Waals surface area contributed by atoms with Gasteiger partial charge in [0.1, 0.15) is 5.82 Å². The van der Waals surface area contributed by atoms with Gasteiger partial charge in [0, 0.05) is 28.6 Å². The number of nitrogens with zero attached hydrogens (tertiary/aromatic N) is 1. The number of aromatic nitrogens is 2. The summed E-state index contributed by atoms with van der Waals surface area (Å²) in [5, 5.41) is 0. The van der Waals surface area contributed by atoms with Crippen molar-refractivity contribution >= 4 is 0 Å². The van der Waals surface area contributed by atoms with Crippen LogP contribution in [-0.2, 0) is 10.8 Å². The Kier molecular flexibility index (Phi) is 1.48. The third kappa shape index (κ3) is 0.868. The molecule has 2 aromatic rings. The lowest BCUT2D eigenvalue weighted by molar-refractivity contribution is 0.474. The molecule has 1 heterocycles. The Morgan fingerprint density at radius 1 is 1.37 bits per heavy atom. The van der Waals surface area contributed by atoms with E-state index < -0.39 is 0 Å². The first-order chi connectivity index (χ1) is 9.22. The Morgan fingerprint density at radius 3 is 2.89 bits per heavy atom. The second-order valence-electron chi connectivity index (χ2n) is 6.41. The van der Waals surface area contributed by atoms with Gasteiger partial charge in [-0.15, -0.1) is 0 Å². The molecular formula is C16H15FN2. The first-order valence-corrected chi connectivity index (χ1v) is 7.00. The summed E-state index contributed by atoms with van der Waals surface area (Å²) in [6.07, 6.45) is 6.20. The van der Waals surface area contributed by atoms with Crippen LogP contribution in [-0.4, -0.2) is 9.97 Å². The molecule has 0 bridgehead atoms. The topological polar surface area (TPSA) is 28.7 Å². The highest BCUT2D eigenvalue weighted by atomic mass is 19.1. The number of fused-ring (bicyclic) bond motifs is 5. The molecular weight excluding hydrogens is 239 g/mol. The van der Waals surface area contributed by atoms with Gasteiger partial charge in [0.2, 0.25) is 0 Å². The van der Waals surface area contributed by atoms with Crippen LogP contribution in [0.25, 0.3) is 0 Å². The van der Waals surface area contributed by atoms with Crippen LogP contribution < -0.4 is 0 Å². The minimum Gasteiger partial charge on any atom is -0.348 e. The fraction of sp³-hybridized carbons (Fsp3) is 0.438. The predicted octanol–water partition coefficient (Wildman–Crippen LogP) is 3.27. The van der Waals surface area contributed by atoms with Crippen LogP contribution in [0.15, 0.2) is 30.7 Å². The molecule has 0 aliphatic heterocycles. The van der Waals surface area contributed by atoms with Crippen molar-refractivity contribution in [1.82, 2.24) is 9.97 Å². The van der Waals surface area contributed by atoms with E-state index in [4.69, 9.17) is 0 Å². The minimum atomic E-state index is -0.103. The average molecular weight is 254 g/mol. The summed E-state index contributed by atoms with van der Waals surface area (Å²) in [6, 6.07) is 5.41. The summed E-state index contributed by atoms with van der Waals surface area (Å²) in [4.78, 5) is 7.55. The van der Waals surface area contributed by atoms with Crippen molar-refractivity contribution in [2.45, 2.75) is 36.5 Å². The van der Waals surface area contributed by atoms with Gasteiger partial charge in [0.25, 0.3) is 0 Å². The molecule has 5 rings (SSSR count). The molecule has 0 saturated heterocycles. The first-order valence-electron chi connectivity index (χ1n) is 7.00. The van der Waals surface area contributed by atoms with Gasteiger partial charge in [-0.2, -0.15) is 0 Å². The van der Waals surface area contributed by atoms with Gasteiger partial charge in [-0.3, -0.25) is 0 Å². The Morgan fingerprint density at radius 2 is 2.21 bits per heavy atom. The number of nitrogens with one attached hydrogen (secondary N) is 1. The van der Waals surface area contributed by atoms with E-state index in [1.54, 1.807) is 18.5 Å². The number of imidazole rings is 1. The van der Waals surface area contributed by atoms with Crippen LogP contribution in [0.4, 0.5) is 4.39 Å². The number of hydrogen-bond donors (Lipinski definition) is 1. The minimum absolute atomic E-state index is 0.103. The van der Waals surface area contributed by atoms with E-state index in [1.807, 2.05) is 12.3 Å². The van der Waals surface area contributed by atoms with Gasteiger partial charge in [0.05, 0.1) is 6.33 Å². The molecule has 3 aliphatic rings. The van der Waals surface area contributed by atoms with Crippen molar-refractivity contribution in [3.63, 3.8) is 0 Å². The molecule has 0 amide bonds. The molecule has 3 unspecified atom stereocenters. The zero-order chi connectivity index (χ0) is 12.8. The van der Waals surface area contributed by atoms with Crippen molar-refractivity contribution in [1.29, 1.82) is 0 Å². The number of benzene rings is 1. The van der Waals surface area contributed by atoms with Crippen LogP contribution in [0.3, 0.4) is 0 Å². The Labute approximate surface area is 111 Å². The first kappa shape index (κ1) is 10.2. The molecule has 2 saturated carbocycles. The zero-order valence-corrected chi connectivity index (χ0v) is 10.8. The van der Waals surface area contributed by atoms with Crippen LogP contribution in [0, 0.1) is 11.7 Å². The van der Waals surface area contributed by atoms with E-state index in [0.29, 0.717) is 11.8 Å². The molecule has 2 fully saturated rings. The quantitative estimate of drug-likeness (QED) is 0.831. The van der Waals surface area contributed by atoms with Crippen molar-refractivity contribution in [3.05, 3.63) is 53.4 Å². The summed E-state index contributed by atoms with van der Waals surface area (Å²) in [5.74, 6) is 0.958. The second-order valence-corrected chi connectivity index (χ2v) is 6.41. The molecule has 1 N–H and O–H groups in total. The third-order valence-electron chi connectivity index (χ3n) is 5.95. The van der Waals surface area contributed by atoms with E-state index in [-0.39, 0.29) is 16.6 Å². The van der Waals surface area contributed by atoms with Gasteiger partial charge >= 0.3 is 0 Å². The summed E-state index contributed by atoms with van der Waals surface area (Å²) < 4.78 is 13.6. The van der Waals surface area contributed by atoms with E-state index in [0.717, 1.165) is 0 Å². The molecule has 3 atom stereocenters. The largest absolute Gasteiger partial charge is 0.348 e. The van der Waals surface area contributed by atoms with Gasteiger partial charge in [-0.05, 0) is 42.0 Å². The van der Waals surface area contributed by atoms with Crippen molar-refractivity contribution in [3.8, 4) is 0 Å². The second kappa shape index (κ2) is 2.77. The molecule has 1 aromatic heterocycles. The molecule has 96 valence electrons. The van der Waals surface area contributed by atoms with E-state index >= 15 is 0 Å². The summed E-state index contributed by atoms with van der Waals surface area (Å²) in [6.45, 7) is 2.30. The molecule has 3 heteroatoms. The zero-order valence-electron chi connectivity index (χ0n) is 10.8. The van der Waals surface area contributed by atoms with Crippen molar-refractivity contribution in [2.75, 3.05) is 0 Å². The summed E-state index contributed by atoms with van der Waals surface area (Å²) >= 11 is 0. The van der Waals surface area contributed by atoms with Gasteiger partial charge < -0.3 is 4.98 Å². The number of rotatable bonds is 1. The Balaban J connectivity index is 1.80. The molecule has 3 aliphatic carbocycles. The molecule has 19 heavy (non-hydrogen) atoms. The summed E-state index contributed by atoms with van der Waals surface area (Å²) in [7, 11) is 0. The van der Waals surface area contributed by atoms with Gasteiger partial charge in [0.15, 0.2) is 0 Å². The lowest BCUT2D eigenvalue weighted by Crippen LogP contribution is -2.26. The number of hydrogen-bond acceptors (Lipinski definition) is 1. The maximum Gasteiger partial charge on any atom is 0.123 e. The average Bonchev–Trinajstić information content (AvgIpc) is 3.17. The lowest BCUT2D eigenvalue weighted by atomic mass is 9.79. The SMILES string of the molecule is CC1C2c3cc(F)ccc3C3(CC3)C12c1cnc[nH]1. The Hall–Kier alpha value is -1.64.